The quantitative estimate of drug-likeness (QED) is 0.864. The molecule has 1 aliphatic rings. The van der Waals surface area contributed by atoms with Gasteiger partial charge in [-0.15, -0.1) is 0 Å². The molecule has 0 fully saturated rings. The van der Waals surface area contributed by atoms with Crippen LogP contribution in [0.2, 0.25) is 0 Å². The Balaban J connectivity index is 2.08. The van der Waals surface area contributed by atoms with Crippen molar-refractivity contribution in [1.29, 1.82) is 0 Å². The van der Waals surface area contributed by atoms with Gasteiger partial charge in [0.25, 0.3) is 0 Å². The van der Waals surface area contributed by atoms with Crippen LogP contribution >= 0.6 is 15.9 Å². The second kappa shape index (κ2) is 4.49. The molecule has 3 rings (SSSR count). The van der Waals surface area contributed by atoms with E-state index in [4.69, 9.17) is 0 Å². The average Bonchev–Trinajstić information content (AvgIpc) is 2.39. The third-order valence-corrected chi connectivity index (χ3v) is 3.72. The van der Waals surface area contributed by atoms with Crippen molar-refractivity contribution in [3.05, 3.63) is 58.3 Å². The summed E-state index contributed by atoms with van der Waals surface area (Å²) in [7, 11) is 0. The van der Waals surface area contributed by atoms with Crippen molar-refractivity contribution < 1.29 is 0 Å². The Labute approximate surface area is 109 Å². The van der Waals surface area contributed by atoms with Crippen molar-refractivity contribution in [2.45, 2.75) is 12.3 Å². The van der Waals surface area contributed by atoms with E-state index >= 15 is 0 Å². The molecule has 1 aromatic carbocycles. The molecule has 1 unspecified atom stereocenters. The van der Waals surface area contributed by atoms with Gasteiger partial charge in [-0.1, -0.05) is 22.0 Å². The summed E-state index contributed by atoms with van der Waals surface area (Å²) in [5.41, 5.74) is 3.90. The Kier molecular flexibility index (Phi) is 2.85. The Morgan fingerprint density at radius 1 is 1.29 bits per heavy atom. The van der Waals surface area contributed by atoms with Crippen molar-refractivity contribution in [3.63, 3.8) is 0 Å². The smallest absolute Gasteiger partial charge is 0.0379 e. The Hall–Kier alpha value is -1.35. The average molecular weight is 289 g/mol. The fraction of sp³-hybridized carbons (Fsp3) is 0.214. The highest BCUT2D eigenvalue weighted by molar-refractivity contribution is 9.10. The lowest BCUT2D eigenvalue weighted by Gasteiger charge is -2.27. The highest BCUT2D eigenvalue weighted by atomic mass is 79.9. The highest BCUT2D eigenvalue weighted by Crippen LogP contribution is 2.37. The van der Waals surface area contributed by atoms with Gasteiger partial charge in [-0.2, -0.15) is 0 Å². The summed E-state index contributed by atoms with van der Waals surface area (Å²) in [6, 6.07) is 10.6. The van der Waals surface area contributed by atoms with Crippen LogP contribution in [0.4, 0.5) is 5.69 Å². The molecular formula is C14H13BrN2. The lowest BCUT2D eigenvalue weighted by atomic mass is 9.86. The first-order chi connectivity index (χ1) is 8.34. The monoisotopic (exact) mass is 288 g/mol. The largest absolute Gasteiger partial charge is 0.385 e. The van der Waals surface area contributed by atoms with Crippen molar-refractivity contribution in [3.8, 4) is 0 Å². The molecule has 1 aliphatic heterocycles. The summed E-state index contributed by atoms with van der Waals surface area (Å²) in [5.74, 6) is 0.456. The molecule has 0 aliphatic carbocycles. The van der Waals surface area contributed by atoms with E-state index in [1.807, 2.05) is 18.5 Å². The number of halogens is 1. The molecule has 0 saturated heterocycles. The zero-order valence-corrected chi connectivity index (χ0v) is 10.9. The minimum absolute atomic E-state index is 0.456. The Bertz CT molecular complexity index is 525. The van der Waals surface area contributed by atoms with Gasteiger partial charge in [0.1, 0.15) is 0 Å². The summed E-state index contributed by atoms with van der Waals surface area (Å²) in [6.07, 6.45) is 4.92. The van der Waals surface area contributed by atoms with Crippen LogP contribution in [-0.2, 0) is 0 Å². The molecule has 1 atom stereocenters. The van der Waals surface area contributed by atoms with Crippen molar-refractivity contribution in [2.75, 3.05) is 11.9 Å². The normalized spacial score (nSPS) is 18.3. The highest BCUT2D eigenvalue weighted by Gasteiger charge is 2.21. The summed E-state index contributed by atoms with van der Waals surface area (Å²) in [6.45, 7) is 1.02. The Morgan fingerprint density at radius 2 is 2.24 bits per heavy atom. The predicted octanol–water partition coefficient (Wildman–Crippen LogP) is 3.79. The molecule has 2 nitrogen and oxygen atoms in total. The maximum absolute atomic E-state index is 4.22. The topological polar surface area (TPSA) is 24.9 Å². The number of nitrogens with zero attached hydrogens (tertiary/aromatic N) is 1. The van der Waals surface area contributed by atoms with Crippen LogP contribution in [0.1, 0.15) is 23.5 Å². The number of fused-ring (bicyclic) bond motifs is 1. The van der Waals surface area contributed by atoms with E-state index < -0.39 is 0 Å². The zero-order chi connectivity index (χ0) is 11.7. The SMILES string of the molecule is Brc1ccc2c(c1)C(c1cccnc1)CCN2. The maximum Gasteiger partial charge on any atom is 0.0379 e. The van der Waals surface area contributed by atoms with Gasteiger partial charge in [-0.05, 0) is 41.8 Å². The molecule has 2 aromatic rings. The second-order valence-corrected chi connectivity index (χ2v) is 5.20. The number of anilines is 1. The first-order valence-corrected chi connectivity index (χ1v) is 6.57. The van der Waals surface area contributed by atoms with Crippen LogP contribution in [0.3, 0.4) is 0 Å². The van der Waals surface area contributed by atoms with Crippen LogP contribution in [0.25, 0.3) is 0 Å². The summed E-state index contributed by atoms with van der Waals surface area (Å²) >= 11 is 3.55. The summed E-state index contributed by atoms with van der Waals surface area (Å²) in [4.78, 5) is 4.22. The molecule has 0 spiro atoms. The number of aromatic nitrogens is 1. The molecule has 0 amide bonds. The van der Waals surface area contributed by atoms with Crippen LogP contribution < -0.4 is 5.32 Å². The molecule has 3 heteroatoms. The first kappa shape index (κ1) is 10.8. The summed E-state index contributed by atoms with van der Waals surface area (Å²) in [5, 5.41) is 3.45. The number of pyridine rings is 1. The van der Waals surface area contributed by atoms with E-state index in [0.717, 1.165) is 17.4 Å². The van der Waals surface area contributed by atoms with Gasteiger partial charge in [0, 0.05) is 35.0 Å². The van der Waals surface area contributed by atoms with Gasteiger partial charge < -0.3 is 5.32 Å². The minimum atomic E-state index is 0.456. The Morgan fingerprint density at radius 3 is 3.06 bits per heavy atom. The molecule has 0 saturated carbocycles. The fourth-order valence-corrected chi connectivity index (χ4v) is 2.80. The van der Waals surface area contributed by atoms with Crippen LogP contribution in [0, 0.1) is 0 Å². The van der Waals surface area contributed by atoms with E-state index in [-0.39, 0.29) is 0 Å². The second-order valence-electron chi connectivity index (χ2n) is 4.29. The molecule has 17 heavy (non-hydrogen) atoms. The van der Waals surface area contributed by atoms with Gasteiger partial charge in [0.15, 0.2) is 0 Å². The number of benzene rings is 1. The minimum Gasteiger partial charge on any atom is -0.385 e. The predicted molar refractivity (Wildman–Crippen MR) is 73.3 cm³/mol. The van der Waals surface area contributed by atoms with Gasteiger partial charge in [0.05, 0.1) is 0 Å². The van der Waals surface area contributed by atoms with Crippen LogP contribution in [0.15, 0.2) is 47.2 Å². The standard InChI is InChI=1S/C14H13BrN2/c15-11-3-4-14-13(8-11)12(5-7-17-14)10-2-1-6-16-9-10/h1-4,6,8-9,12,17H,5,7H2. The molecule has 0 bridgehead atoms. The third-order valence-electron chi connectivity index (χ3n) is 3.22. The van der Waals surface area contributed by atoms with Crippen molar-refractivity contribution in [1.82, 2.24) is 4.98 Å². The number of hydrogen-bond acceptors (Lipinski definition) is 2. The number of rotatable bonds is 1. The number of nitrogens with one attached hydrogen (secondary N) is 1. The number of hydrogen-bond donors (Lipinski definition) is 1. The fourth-order valence-electron chi connectivity index (χ4n) is 2.42. The molecule has 86 valence electrons. The molecule has 0 radical (unpaired) electrons. The van der Waals surface area contributed by atoms with E-state index in [1.165, 1.54) is 16.8 Å². The zero-order valence-electron chi connectivity index (χ0n) is 9.36. The van der Waals surface area contributed by atoms with Crippen LogP contribution in [-0.4, -0.2) is 11.5 Å². The first-order valence-electron chi connectivity index (χ1n) is 5.78. The van der Waals surface area contributed by atoms with E-state index in [0.29, 0.717) is 5.92 Å². The lowest BCUT2D eigenvalue weighted by Crippen LogP contribution is -2.17. The third kappa shape index (κ3) is 2.07. The molecule has 1 aromatic heterocycles. The van der Waals surface area contributed by atoms with E-state index in [9.17, 15) is 0 Å². The van der Waals surface area contributed by atoms with E-state index in [2.05, 4.69) is 50.5 Å². The van der Waals surface area contributed by atoms with Gasteiger partial charge in [-0.25, -0.2) is 0 Å². The molecule has 2 heterocycles. The van der Waals surface area contributed by atoms with E-state index in [1.54, 1.807) is 0 Å². The van der Waals surface area contributed by atoms with Gasteiger partial charge in [0.2, 0.25) is 0 Å². The summed E-state index contributed by atoms with van der Waals surface area (Å²) < 4.78 is 1.13. The van der Waals surface area contributed by atoms with Crippen LogP contribution in [0.5, 0.6) is 0 Å². The lowest BCUT2D eigenvalue weighted by molar-refractivity contribution is 0.716. The molecule has 1 N–H and O–H groups in total. The maximum atomic E-state index is 4.22. The van der Waals surface area contributed by atoms with Crippen molar-refractivity contribution in [2.24, 2.45) is 0 Å². The van der Waals surface area contributed by atoms with Gasteiger partial charge >= 0.3 is 0 Å². The molecular weight excluding hydrogens is 276 g/mol. The van der Waals surface area contributed by atoms with Crippen molar-refractivity contribution >= 4 is 21.6 Å². The van der Waals surface area contributed by atoms with Gasteiger partial charge in [-0.3, -0.25) is 4.98 Å².